The van der Waals surface area contributed by atoms with Gasteiger partial charge in [0.15, 0.2) is 0 Å². The van der Waals surface area contributed by atoms with Crippen LogP contribution in [-0.2, 0) is 0 Å². The number of aromatic amines is 1. The number of H-pyrrole nitrogens is 1. The Hall–Kier alpha value is -3.07. The first-order chi connectivity index (χ1) is 10.5. The van der Waals surface area contributed by atoms with Crippen molar-refractivity contribution in [2.45, 2.75) is 6.10 Å². The molecule has 9 heteroatoms. The number of nitro benzene ring substituents is 1. The summed E-state index contributed by atoms with van der Waals surface area (Å²) in [5, 5.41) is 34.2. The van der Waals surface area contributed by atoms with E-state index >= 15 is 0 Å². The molecule has 0 spiro atoms. The molecule has 0 bridgehead atoms. The Labute approximate surface area is 124 Å². The molecule has 0 radical (unpaired) electrons. The number of nitrogens with one attached hydrogen (secondary N) is 2. The van der Waals surface area contributed by atoms with Gasteiger partial charge in [0.2, 0.25) is 0 Å². The smallest absolute Gasteiger partial charge is 0.357 e. The Morgan fingerprint density at radius 3 is 2.41 bits per heavy atom. The molecule has 1 heterocycles. The molecule has 22 heavy (non-hydrogen) atoms. The van der Waals surface area contributed by atoms with Gasteiger partial charge in [0.25, 0.3) is 5.69 Å². The highest BCUT2D eigenvalue weighted by molar-refractivity contribution is 5.51. The highest BCUT2D eigenvalue weighted by Crippen LogP contribution is 2.21. The van der Waals surface area contributed by atoms with E-state index in [1.165, 1.54) is 42.6 Å². The van der Waals surface area contributed by atoms with Gasteiger partial charge in [-0.3, -0.25) is 25.5 Å². The summed E-state index contributed by atoms with van der Waals surface area (Å²) in [7, 11) is 0. The van der Waals surface area contributed by atoms with E-state index in [4.69, 9.17) is 0 Å². The molecule has 0 amide bonds. The molecule has 1 aromatic heterocycles. The number of rotatable bonds is 6. The second kappa shape index (κ2) is 6.59. The molecule has 1 atom stereocenters. The molecule has 0 unspecified atom stereocenters. The molecule has 0 aliphatic carbocycles. The average molecular weight is 305 g/mol. The molecule has 1 aromatic carbocycles. The number of hydrogen-bond acceptors (Lipinski definition) is 6. The van der Waals surface area contributed by atoms with Crippen LogP contribution in [0.4, 0.5) is 17.2 Å². The first-order valence-corrected chi connectivity index (χ1v) is 6.30. The number of nitrogens with zero attached hydrogens (tertiary/aromatic N) is 2. The van der Waals surface area contributed by atoms with Gasteiger partial charge in [-0.15, -0.1) is 0 Å². The number of aliphatic hydroxyl groups excluding tert-OH is 1. The van der Waals surface area contributed by atoms with Crippen LogP contribution in [-0.4, -0.2) is 21.5 Å². The van der Waals surface area contributed by atoms with E-state index in [2.05, 4.69) is 10.3 Å². The maximum absolute atomic E-state index is 10.9. The van der Waals surface area contributed by atoms with Gasteiger partial charge in [-0.1, -0.05) is 0 Å². The summed E-state index contributed by atoms with van der Waals surface area (Å²) in [6.07, 6.45) is 0.558. The van der Waals surface area contributed by atoms with Crippen molar-refractivity contribution in [3.05, 3.63) is 68.4 Å². The number of aliphatic hydroxyl groups is 1. The molecule has 0 aliphatic rings. The summed E-state index contributed by atoms with van der Waals surface area (Å²) < 4.78 is 0. The number of nitro groups is 2. The molecule has 2 aromatic rings. The standard InChI is InChI=1S/C13H12N4O5/c18-12(9-3-5-10(6-4-9)16(19)20)8-15-13-11(17(21)22)2-1-7-14-13/h1-7,12,18H,8H2,(H,14,15)/p+1/t12-/m1/s1. The zero-order chi connectivity index (χ0) is 16.1. The van der Waals surface area contributed by atoms with Crippen molar-refractivity contribution in [2.75, 3.05) is 11.9 Å². The van der Waals surface area contributed by atoms with Crippen LogP contribution in [0.5, 0.6) is 0 Å². The Morgan fingerprint density at radius 2 is 1.82 bits per heavy atom. The monoisotopic (exact) mass is 305 g/mol. The van der Waals surface area contributed by atoms with E-state index in [1.807, 2.05) is 0 Å². The molecule has 0 fully saturated rings. The summed E-state index contributed by atoms with van der Waals surface area (Å²) in [6.45, 7) is 0.0131. The zero-order valence-corrected chi connectivity index (χ0v) is 11.3. The number of anilines is 1. The lowest BCUT2D eigenvalue weighted by atomic mass is 10.1. The summed E-state index contributed by atoms with van der Waals surface area (Å²) in [6, 6.07) is 8.28. The van der Waals surface area contributed by atoms with E-state index in [1.54, 1.807) is 0 Å². The quantitative estimate of drug-likeness (QED) is 0.613. The summed E-state index contributed by atoms with van der Waals surface area (Å²) >= 11 is 0. The van der Waals surface area contributed by atoms with E-state index in [9.17, 15) is 25.3 Å². The second-order valence-corrected chi connectivity index (χ2v) is 4.43. The van der Waals surface area contributed by atoms with Gasteiger partial charge in [0, 0.05) is 18.2 Å². The van der Waals surface area contributed by atoms with Crippen LogP contribution >= 0.6 is 0 Å². The molecule has 9 nitrogen and oxygen atoms in total. The highest BCUT2D eigenvalue weighted by atomic mass is 16.6. The van der Waals surface area contributed by atoms with E-state index in [0.717, 1.165) is 0 Å². The van der Waals surface area contributed by atoms with E-state index in [-0.39, 0.29) is 23.7 Å². The number of benzene rings is 1. The van der Waals surface area contributed by atoms with Crippen molar-refractivity contribution in [3.8, 4) is 0 Å². The first kappa shape index (κ1) is 15.3. The lowest BCUT2D eigenvalue weighted by Gasteiger charge is -2.08. The number of pyridine rings is 1. The molecule has 0 aliphatic heterocycles. The predicted octanol–water partition coefficient (Wildman–Crippen LogP) is 1.46. The van der Waals surface area contributed by atoms with Crippen LogP contribution in [0.3, 0.4) is 0 Å². The minimum absolute atomic E-state index is 0.0131. The molecule has 0 saturated heterocycles. The largest absolute Gasteiger partial charge is 0.384 e. The van der Waals surface area contributed by atoms with E-state index in [0.29, 0.717) is 5.56 Å². The first-order valence-electron chi connectivity index (χ1n) is 6.30. The SMILES string of the molecule is O=[N+]([O-])c1ccc([C@H](O)CNc2[nH+]cccc2[N+](=O)[O-])cc1. The summed E-state index contributed by atoms with van der Waals surface area (Å²) in [5.74, 6) is 0.175. The topological polar surface area (TPSA) is 133 Å². The van der Waals surface area contributed by atoms with Gasteiger partial charge in [-0.25, -0.2) is 4.98 Å². The number of non-ortho nitro benzene ring substituents is 1. The fraction of sp³-hybridized carbons (Fsp3) is 0.154. The van der Waals surface area contributed by atoms with Gasteiger partial charge in [-0.05, 0) is 23.8 Å². The Balaban J connectivity index is 2.05. The van der Waals surface area contributed by atoms with Crippen LogP contribution in [0.2, 0.25) is 0 Å². The van der Waals surface area contributed by atoms with Crippen LogP contribution in [0.1, 0.15) is 11.7 Å². The Morgan fingerprint density at radius 1 is 1.14 bits per heavy atom. The highest BCUT2D eigenvalue weighted by Gasteiger charge is 2.21. The molecule has 3 N–H and O–H groups in total. The molecule has 2 rings (SSSR count). The van der Waals surface area contributed by atoms with Crippen molar-refractivity contribution >= 4 is 17.2 Å². The van der Waals surface area contributed by atoms with E-state index < -0.39 is 16.0 Å². The van der Waals surface area contributed by atoms with Gasteiger partial charge < -0.3 is 5.11 Å². The van der Waals surface area contributed by atoms with Crippen LogP contribution in [0.15, 0.2) is 42.6 Å². The van der Waals surface area contributed by atoms with Crippen molar-refractivity contribution in [2.24, 2.45) is 0 Å². The van der Waals surface area contributed by atoms with Gasteiger partial charge >= 0.3 is 11.5 Å². The Bertz CT molecular complexity index is 689. The van der Waals surface area contributed by atoms with Gasteiger partial charge in [0.05, 0.1) is 16.0 Å². The third-order valence-corrected chi connectivity index (χ3v) is 2.99. The van der Waals surface area contributed by atoms with Crippen LogP contribution in [0, 0.1) is 20.2 Å². The maximum Gasteiger partial charge on any atom is 0.357 e. The average Bonchev–Trinajstić information content (AvgIpc) is 2.52. The summed E-state index contributed by atoms with van der Waals surface area (Å²) in [4.78, 5) is 23.0. The van der Waals surface area contributed by atoms with Crippen molar-refractivity contribution in [1.82, 2.24) is 0 Å². The van der Waals surface area contributed by atoms with Gasteiger partial charge in [-0.2, -0.15) is 0 Å². The predicted molar refractivity (Wildman–Crippen MR) is 76.2 cm³/mol. The number of aromatic nitrogens is 1. The number of hydrogen-bond donors (Lipinski definition) is 2. The van der Waals surface area contributed by atoms with Crippen LogP contribution < -0.4 is 10.3 Å². The fourth-order valence-electron chi connectivity index (χ4n) is 1.86. The summed E-state index contributed by atoms with van der Waals surface area (Å²) in [5.41, 5.74) is 0.256. The molecular weight excluding hydrogens is 292 g/mol. The molecule has 0 saturated carbocycles. The third-order valence-electron chi connectivity index (χ3n) is 2.99. The third kappa shape index (κ3) is 3.52. The lowest BCUT2D eigenvalue weighted by molar-refractivity contribution is -0.409. The van der Waals surface area contributed by atoms with Crippen molar-refractivity contribution in [1.29, 1.82) is 0 Å². The molecule has 114 valence electrons. The lowest BCUT2D eigenvalue weighted by Crippen LogP contribution is -2.19. The maximum atomic E-state index is 10.9. The zero-order valence-electron chi connectivity index (χ0n) is 11.3. The van der Waals surface area contributed by atoms with Crippen molar-refractivity contribution in [3.63, 3.8) is 0 Å². The fourth-order valence-corrected chi connectivity index (χ4v) is 1.86. The minimum atomic E-state index is -0.964. The normalized spacial score (nSPS) is 11.7. The van der Waals surface area contributed by atoms with Crippen LogP contribution in [0.25, 0.3) is 0 Å². The molecular formula is C13H13N4O5+. The Kier molecular flexibility index (Phi) is 4.59. The minimum Gasteiger partial charge on any atom is -0.384 e. The van der Waals surface area contributed by atoms with Crippen molar-refractivity contribution < 1.29 is 19.9 Å². The van der Waals surface area contributed by atoms with Gasteiger partial charge in [0.1, 0.15) is 12.6 Å². The second-order valence-electron chi connectivity index (χ2n) is 4.43.